The first-order valence-corrected chi connectivity index (χ1v) is 9.70. The number of aromatic nitrogens is 2. The fourth-order valence-electron chi connectivity index (χ4n) is 3.23. The summed E-state index contributed by atoms with van der Waals surface area (Å²) in [7, 11) is 0. The summed E-state index contributed by atoms with van der Waals surface area (Å²) in [6, 6.07) is 11.4. The summed E-state index contributed by atoms with van der Waals surface area (Å²) in [4.78, 5) is 24.8. The van der Waals surface area contributed by atoms with E-state index in [4.69, 9.17) is 0 Å². The van der Waals surface area contributed by atoms with Crippen molar-refractivity contribution in [3.8, 4) is 0 Å². The molecule has 1 heterocycles. The standard InChI is InChI=1S/C23H27N3O2/c1-4-5-6-18(3)20-11-12-21(27)26(25-20)16-15-24-22(28)23(13-14-23)19-9-7-17(2)8-10-19/h4-12H,13-16H2,1-3H3,(H,24,28)/b5-4-,18-6+. The zero-order valence-electron chi connectivity index (χ0n) is 16.7. The average Bonchev–Trinajstić information content (AvgIpc) is 3.50. The number of benzene rings is 1. The molecule has 1 amide bonds. The van der Waals surface area contributed by atoms with Gasteiger partial charge in [-0.2, -0.15) is 5.10 Å². The van der Waals surface area contributed by atoms with Gasteiger partial charge < -0.3 is 5.32 Å². The zero-order valence-corrected chi connectivity index (χ0v) is 16.7. The number of carbonyl (C=O) groups excluding carboxylic acids is 1. The van der Waals surface area contributed by atoms with E-state index in [0.29, 0.717) is 13.1 Å². The maximum absolute atomic E-state index is 12.7. The number of aryl methyl sites for hydroxylation is 1. The van der Waals surface area contributed by atoms with Gasteiger partial charge >= 0.3 is 0 Å². The number of nitrogens with one attached hydrogen (secondary N) is 1. The van der Waals surface area contributed by atoms with Crippen molar-refractivity contribution >= 4 is 11.5 Å². The lowest BCUT2D eigenvalue weighted by atomic mass is 9.94. The quantitative estimate of drug-likeness (QED) is 0.753. The van der Waals surface area contributed by atoms with Gasteiger partial charge in [-0.15, -0.1) is 0 Å². The zero-order chi connectivity index (χ0) is 20.1. The van der Waals surface area contributed by atoms with Crippen LogP contribution in [-0.4, -0.2) is 22.2 Å². The highest BCUT2D eigenvalue weighted by molar-refractivity contribution is 5.91. The topological polar surface area (TPSA) is 64.0 Å². The van der Waals surface area contributed by atoms with E-state index in [2.05, 4.69) is 10.4 Å². The molecule has 0 bridgehead atoms. The van der Waals surface area contributed by atoms with Crippen LogP contribution in [0.5, 0.6) is 0 Å². The van der Waals surface area contributed by atoms with Crippen LogP contribution in [0.3, 0.4) is 0 Å². The van der Waals surface area contributed by atoms with E-state index in [1.165, 1.54) is 16.3 Å². The molecule has 5 nitrogen and oxygen atoms in total. The van der Waals surface area contributed by atoms with Crippen molar-refractivity contribution in [3.63, 3.8) is 0 Å². The molecule has 1 aromatic carbocycles. The van der Waals surface area contributed by atoms with Gasteiger partial charge in [-0.05, 0) is 50.8 Å². The second-order valence-electron chi connectivity index (χ2n) is 7.36. The van der Waals surface area contributed by atoms with Gasteiger partial charge in [0.2, 0.25) is 5.91 Å². The summed E-state index contributed by atoms with van der Waals surface area (Å²) >= 11 is 0. The molecule has 0 aliphatic heterocycles. The number of allylic oxidation sites excluding steroid dienone is 4. The highest BCUT2D eigenvalue weighted by atomic mass is 16.2. The molecule has 0 spiro atoms. The van der Waals surface area contributed by atoms with E-state index in [1.54, 1.807) is 6.07 Å². The minimum Gasteiger partial charge on any atom is -0.353 e. The summed E-state index contributed by atoms with van der Waals surface area (Å²) in [6.07, 6.45) is 7.57. The molecule has 146 valence electrons. The van der Waals surface area contributed by atoms with Crippen molar-refractivity contribution in [2.75, 3.05) is 6.54 Å². The fourth-order valence-corrected chi connectivity index (χ4v) is 3.23. The van der Waals surface area contributed by atoms with E-state index in [0.717, 1.165) is 29.7 Å². The van der Waals surface area contributed by atoms with Gasteiger partial charge in [-0.3, -0.25) is 9.59 Å². The maximum Gasteiger partial charge on any atom is 0.266 e. The molecule has 1 aromatic heterocycles. The SMILES string of the molecule is C/C=C\C=C(/C)c1ccc(=O)n(CCNC(=O)C2(c3ccc(C)cc3)CC2)n1. The van der Waals surface area contributed by atoms with Gasteiger partial charge in [0.15, 0.2) is 0 Å². The Morgan fingerprint density at radius 3 is 2.57 bits per heavy atom. The second kappa shape index (κ2) is 8.38. The molecule has 0 unspecified atom stereocenters. The maximum atomic E-state index is 12.7. The van der Waals surface area contributed by atoms with E-state index in [9.17, 15) is 9.59 Å². The molecule has 5 heteroatoms. The molecule has 0 atom stereocenters. The largest absolute Gasteiger partial charge is 0.353 e. The van der Waals surface area contributed by atoms with E-state index in [-0.39, 0.29) is 11.5 Å². The number of nitrogens with zero attached hydrogens (tertiary/aromatic N) is 2. The normalized spacial score (nSPS) is 15.6. The van der Waals surface area contributed by atoms with Gasteiger partial charge in [0.25, 0.3) is 5.56 Å². The third-order valence-corrected chi connectivity index (χ3v) is 5.21. The van der Waals surface area contributed by atoms with Gasteiger partial charge in [0.1, 0.15) is 0 Å². The highest BCUT2D eigenvalue weighted by Gasteiger charge is 2.50. The number of hydrogen-bond acceptors (Lipinski definition) is 3. The smallest absolute Gasteiger partial charge is 0.266 e. The van der Waals surface area contributed by atoms with Crippen LogP contribution in [0.2, 0.25) is 0 Å². The first-order chi connectivity index (χ1) is 13.5. The molecule has 0 saturated heterocycles. The lowest BCUT2D eigenvalue weighted by Gasteiger charge is -2.16. The molecule has 1 fully saturated rings. The Hall–Kier alpha value is -2.95. The summed E-state index contributed by atoms with van der Waals surface area (Å²) < 4.78 is 1.41. The van der Waals surface area contributed by atoms with E-state index >= 15 is 0 Å². The lowest BCUT2D eigenvalue weighted by Crippen LogP contribution is -2.38. The Labute approximate surface area is 165 Å². The van der Waals surface area contributed by atoms with E-state index < -0.39 is 5.41 Å². The predicted octanol–water partition coefficient (Wildman–Crippen LogP) is 3.38. The lowest BCUT2D eigenvalue weighted by molar-refractivity contribution is -0.123. The summed E-state index contributed by atoms with van der Waals surface area (Å²) in [5.74, 6) is 0.0321. The van der Waals surface area contributed by atoms with Gasteiger partial charge in [0.05, 0.1) is 17.7 Å². The summed E-state index contributed by atoms with van der Waals surface area (Å²) in [6.45, 7) is 6.67. The van der Waals surface area contributed by atoms with Crippen LogP contribution >= 0.6 is 0 Å². The van der Waals surface area contributed by atoms with Crippen molar-refractivity contribution in [1.29, 1.82) is 0 Å². The first-order valence-electron chi connectivity index (χ1n) is 9.70. The molecule has 1 aliphatic carbocycles. The van der Waals surface area contributed by atoms with Crippen LogP contribution in [0.1, 0.15) is 43.5 Å². The Bertz CT molecular complexity index is 964. The highest BCUT2D eigenvalue weighted by Crippen LogP contribution is 2.48. The Morgan fingerprint density at radius 2 is 1.93 bits per heavy atom. The van der Waals surface area contributed by atoms with Gasteiger partial charge in [-0.1, -0.05) is 48.1 Å². The van der Waals surface area contributed by atoms with Crippen LogP contribution in [0.15, 0.2) is 59.4 Å². The number of carbonyl (C=O) groups is 1. The molecule has 2 aromatic rings. The van der Waals surface area contributed by atoms with E-state index in [1.807, 2.05) is 63.3 Å². The third kappa shape index (κ3) is 4.30. The van der Waals surface area contributed by atoms with Crippen LogP contribution in [0.25, 0.3) is 5.57 Å². The number of hydrogen-bond donors (Lipinski definition) is 1. The van der Waals surface area contributed by atoms with Gasteiger partial charge in [0, 0.05) is 12.6 Å². The molecule has 1 aliphatic rings. The van der Waals surface area contributed by atoms with Crippen LogP contribution < -0.4 is 10.9 Å². The molecular weight excluding hydrogens is 350 g/mol. The Balaban J connectivity index is 1.64. The van der Waals surface area contributed by atoms with Crippen molar-refractivity contribution in [1.82, 2.24) is 15.1 Å². The molecule has 3 rings (SSSR count). The first kappa shape index (κ1) is 19.8. The van der Waals surface area contributed by atoms with Gasteiger partial charge in [-0.25, -0.2) is 4.68 Å². The van der Waals surface area contributed by atoms with Crippen molar-refractivity contribution in [2.45, 2.75) is 45.6 Å². The Morgan fingerprint density at radius 1 is 1.21 bits per heavy atom. The monoisotopic (exact) mass is 377 g/mol. The summed E-state index contributed by atoms with van der Waals surface area (Å²) in [5.41, 5.74) is 3.41. The minimum atomic E-state index is -0.403. The van der Waals surface area contributed by atoms with Crippen molar-refractivity contribution in [2.24, 2.45) is 0 Å². The molecule has 1 saturated carbocycles. The van der Waals surface area contributed by atoms with Crippen LogP contribution in [-0.2, 0) is 16.8 Å². The fraction of sp³-hybridized carbons (Fsp3) is 0.348. The average molecular weight is 377 g/mol. The molecule has 0 radical (unpaired) electrons. The summed E-state index contributed by atoms with van der Waals surface area (Å²) in [5, 5.41) is 7.41. The third-order valence-electron chi connectivity index (χ3n) is 5.21. The Kier molecular flexibility index (Phi) is 5.93. The minimum absolute atomic E-state index is 0.0321. The molecule has 1 N–H and O–H groups in total. The van der Waals surface area contributed by atoms with Crippen molar-refractivity contribution in [3.05, 3.63) is 81.8 Å². The number of amides is 1. The second-order valence-corrected chi connectivity index (χ2v) is 7.36. The van der Waals surface area contributed by atoms with Crippen LogP contribution in [0.4, 0.5) is 0 Å². The molecule has 28 heavy (non-hydrogen) atoms. The van der Waals surface area contributed by atoms with Crippen molar-refractivity contribution < 1.29 is 4.79 Å². The predicted molar refractivity (Wildman–Crippen MR) is 112 cm³/mol. The molecular formula is C23H27N3O2. The van der Waals surface area contributed by atoms with Crippen LogP contribution in [0, 0.1) is 6.92 Å². The number of rotatable bonds is 7.